The van der Waals surface area contributed by atoms with E-state index in [1.165, 1.54) is 11.8 Å². The standard InChI is InChI=1S/C14H12N4OS/c1-10(12(19)11-6-3-2-4-7-11)20-14-16-13-15-8-5-9-18(13)17-14/h2-10H,1H3. The minimum atomic E-state index is -0.241. The Morgan fingerprint density at radius 2 is 2.05 bits per heavy atom. The molecule has 2 heterocycles. The average Bonchev–Trinajstić information content (AvgIpc) is 2.89. The lowest BCUT2D eigenvalue weighted by molar-refractivity contribution is 0.0994. The van der Waals surface area contributed by atoms with Crippen LogP contribution < -0.4 is 0 Å². The van der Waals surface area contributed by atoms with E-state index in [0.717, 1.165) is 0 Å². The molecule has 0 radical (unpaired) electrons. The summed E-state index contributed by atoms with van der Waals surface area (Å²) in [4.78, 5) is 20.6. The Morgan fingerprint density at radius 1 is 1.25 bits per heavy atom. The maximum absolute atomic E-state index is 12.3. The quantitative estimate of drug-likeness (QED) is 0.544. The molecule has 0 saturated carbocycles. The molecule has 1 atom stereocenters. The van der Waals surface area contributed by atoms with Crippen molar-refractivity contribution in [2.24, 2.45) is 0 Å². The number of hydrogen-bond acceptors (Lipinski definition) is 5. The van der Waals surface area contributed by atoms with Crippen molar-refractivity contribution in [3.63, 3.8) is 0 Å². The summed E-state index contributed by atoms with van der Waals surface area (Å²) in [5, 5.41) is 4.60. The van der Waals surface area contributed by atoms with Gasteiger partial charge in [0, 0.05) is 18.0 Å². The molecule has 100 valence electrons. The second-order valence-electron chi connectivity index (χ2n) is 4.25. The van der Waals surface area contributed by atoms with Gasteiger partial charge in [-0.15, -0.1) is 5.10 Å². The number of hydrogen-bond donors (Lipinski definition) is 0. The SMILES string of the molecule is CC(Sc1nc2ncccn2n1)C(=O)c1ccccc1. The zero-order valence-electron chi connectivity index (χ0n) is 10.8. The molecule has 20 heavy (non-hydrogen) atoms. The summed E-state index contributed by atoms with van der Waals surface area (Å²) in [5.74, 6) is 0.608. The van der Waals surface area contributed by atoms with Gasteiger partial charge in [-0.1, -0.05) is 42.1 Å². The molecule has 5 nitrogen and oxygen atoms in total. The maximum atomic E-state index is 12.3. The fraction of sp³-hybridized carbons (Fsp3) is 0.143. The highest BCUT2D eigenvalue weighted by molar-refractivity contribution is 8.00. The number of nitrogens with zero attached hydrogens (tertiary/aromatic N) is 4. The van der Waals surface area contributed by atoms with E-state index in [1.807, 2.05) is 37.3 Å². The van der Waals surface area contributed by atoms with Crippen molar-refractivity contribution in [2.45, 2.75) is 17.3 Å². The Labute approximate surface area is 120 Å². The molecule has 0 N–H and O–H groups in total. The summed E-state index contributed by atoms with van der Waals surface area (Å²) >= 11 is 1.34. The molecule has 0 amide bonds. The lowest BCUT2D eigenvalue weighted by atomic mass is 10.1. The predicted molar refractivity (Wildman–Crippen MR) is 76.9 cm³/mol. The summed E-state index contributed by atoms with van der Waals surface area (Å²) in [6.45, 7) is 1.86. The van der Waals surface area contributed by atoms with E-state index in [4.69, 9.17) is 0 Å². The van der Waals surface area contributed by atoms with E-state index in [9.17, 15) is 4.79 Å². The van der Waals surface area contributed by atoms with E-state index in [0.29, 0.717) is 16.5 Å². The van der Waals surface area contributed by atoms with Crippen LogP contribution in [0.15, 0.2) is 53.9 Å². The maximum Gasteiger partial charge on any atom is 0.253 e. The Hall–Kier alpha value is -2.21. The third kappa shape index (κ3) is 2.55. The van der Waals surface area contributed by atoms with Crippen molar-refractivity contribution in [1.82, 2.24) is 19.6 Å². The number of thioether (sulfide) groups is 1. The van der Waals surface area contributed by atoms with Gasteiger partial charge in [-0.3, -0.25) is 4.79 Å². The lowest BCUT2D eigenvalue weighted by Gasteiger charge is -2.07. The molecule has 0 aliphatic carbocycles. The van der Waals surface area contributed by atoms with Crippen molar-refractivity contribution < 1.29 is 4.79 Å². The summed E-state index contributed by atoms with van der Waals surface area (Å²) in [7, 11) is 0. The first kappa shape index (κ1) is 12.8. The van der Waals surface area contributed by atoms with E-state index < -0.39 is 0 Å². The van der Waals surface area contributed by atoms with Crippen molar-refractivity contribution in [2.75, 3.05) is 0 Å². The number of rotatable bonds is 4. The predicted octanol–water partition coefficient (Wildman–Crippen LogP) is 2.49. The van der Waals surface area contributed by atoms with Crippen LogP contribution in [0.1, 0.15) is 17.3 Å². The van der Waals surface area contributed by atoms with Gasteiger partial charge in [0.25, 0.3) is 5.78 Å². The van der Waals surface area contributed by atoms with E-state index >= 15 is 0 Å². The minimum absolute atomic E-state index is 0.0717. The number of Topliss-reactive ketones (excluding diaryl/α,β-unsaturated/α-hetero) is 1. The second-order valence-corrected chi connectivity index (χ2v) is 5.56. The van der Waals surface area contributed by atoms with E-state index in [2.05, 4.69) is 15.1 Å². The first-order valence-electron chi connectivity index (χ1n) is 6.17. The molecule has 1 unspecified atom stereocenters. The number of ketones is 1. The third-order valence-electron chi connectivity index (χ3n) is 2.81. The summed E-state index contributed by atoms with van der Waals surface area (Å²) in [5.41, 5.74) is 0.703. The van der Waals surface area contributed by atoms with Crippen LogP contribution in [-0.4, -0.2) is 30.6 Å². The van der Waals surface area contributed by atoms with Gasteiger partial charge < -0.3 is 0 Å². The largest absolute Gasteiger partial charge is 0.293 e. The number of fused-ring (bicyclic) bond motifs is 1. The van der Waals surface area contributed by atoms with Gasteiger partial charge in [-0.05, 0) is 13.0 Å². The number of aromatic nitrogens is 4. The van der Waals surface area contributed by atoms with Crippen molar-refractivity contribution >= 4 is 23.3 Å². The number of carbonyl (C=O) groups is 1. The van der Waals surface area contributed by atoms with Crippen molar-refractivity contribution in [1.29, 1.82) is 0 Å². The Balaban J connectivity index is 1.78. The zero-order valence-corrected chi connectivity index (χ0v) is 11.6. The molecule has 0 spiro atoms. The molecule has 2 aromatic heterocycles. The summed E-state index contributed by atoms with van der Waals surface area (Å²) < 4.78 is 1.60. The molecule has 6 heteroatoms. The highest BCUT2D eigenvalue weighted by Crippen LogP contribution is 2.22. The molecule has 0 saturated heterocycles. The van der Waals surface area contributed by atoms with Gasteiger partial charge in [0.1, 0.15) is 0 Å². The fourth-order valence-electron chi connectivity index (χ4n) is 1.81. The Morgan fingerprint density at radius 3 is 2.80 bits per heavy atom. The van der Waals surface area contributed by atoms with Crippen LogP contribution in [0.4, 0.5) is 0 Å². The summed E-state index contributed by atoms with van der Waals surface area (Å²) in [6.07, 6.45) is 3.44. The van der Waals surface area contributed by atoms with Crippen molar-refractivity contribution in [3.05, 3.63) is 54.4 Å². The van der Waals surface area contributed by atoms with Gasteiger partial charge >= 0.3 is 0 Å². The van der Waals surface area contributed by atoms with Gasteiger partial charge in [-0.2, -0.15) is 4.98 Å². The smallest absolute Gasteiger partial charge is 0.253 e. The number of carbonyl (C=O) groups excluding carboxylic acids is 1. The molecule has 0 aliphatic heterocycles. The van der Waals surface area contributed by atoms with Crippen LogP contribution in [0.25, 0.3) is 5.78 Å². The molecule has 0 bridgehead atoms. The zero-order chi connectivity index (χ0) is 13.9. The average molecular weight is 284 g/mol. The fourth-order valence-corrected chi connectivity index (χ4v) is 2.64. The van der Waals surface area contributed by atoms with Gasteiger partial charge in [0.2, 0.25) is 5.16 Å². The van der Waals surface area contributed by atoms with E-state index in [-0.39, 0.29) is 11.0 Å². The number of benzene rings is 1. The first-order valence-corrected chi connectivity index (χ1v) is 7.05. The van der Waals surface area contributed by atoms with E-state index in [1.54, 1.807) is 23.0 Å². The molecule has 3 rings (SSSR count). The van der Waals surface area contributed by atoms with Crippen LogP contribution in [0.3, 0.4) is 0 Å². The highest BCUT2D eigenvalue weighted by atomic mass is 32.2. The molecular formula is C14H12N4OS. The van der Waals surface area contributed by atoms with Crippen molar-refractivity contribution in [3.8, 4) is 0 Å². The normalized spacial score (nSPS) is 12.4. The minimum Gasteiger partial charge on any atom is -0.293 e. The van der Waals surface area contributed by atoms with Crippen LogP contribution >= 0.6 is 11.8 Å². The van der Waals surface area contributed by atoms with Gasteiger partial charge in [-0.25, -0.2) is 9.50 Å². The summed E-state index contributed by atoms with van der Waals surface area (Å²) in [6, 6.07) is 11.0. The second kappa shape index (κ2) is 5.42. The molecule has 3 aromatic rings. The topological polar surface area (TPSA) is 60.1 Å². The van der Waals surface area contributed by atoms with Gasteiger partial charge in [0.05, 0.1) is 5.25 Å². The van der Waals surface area contributed by atoms with Gasteiger partial charge in [0.15, 0.2) is 5.78 Å². The molecule has 1 aromatic carbocycles. The lowest BCUT2D eigenvalue weighted by Crippen LogP contribution is -2.13. The molecule has 0 aliphatic rings. The first-order chi connectivity index (χ1) is 9.74. The highest BCUT2D eigenvalue weighted by Gasteiger charge is 2.18. The van der Waals surface area contributed by atoms with Crippen LogP contribution in [0.2, 0.25) is 0 Å². The Kier molecular flexibility index (Phi) is 3.47. The third-order valence-corrected chi connectivity index (χ3v) is 3.76. The molecular weight excluding hydrogens is 272 g/mol. The molecule has 0 fully saturated rings. The van der Waals surface area contributed by atoms with Crippen LogP contribution in [0, 0.1) is 0 Å². The monoisotopic (exact) mass is 284 g/mol. The Bertz CT molecular complexity index is 708. The van der Waals surface area contributed by atoms with Crippen LogP contribution in [-0.2, 0) is 0 Å². The van der Waals surface area contributed by atoms with Crippen LogP contribution in [0.5, 0.6) is 0 Å².